The molecule has 0 saturated heterocycles. The Balaban J connectivity index is 1.75. The molecule has 0 aliphatic rings. The molecule has 0 spiro atoms. The van der Waals surface area contributed by atoms with Gasteiger partial charge in [-0.15, -0.1) is 10.2 Å². The largest absolute Gasteiger partial charge is 0.479 e. The molecule has 2 aromatic heterocycles. The fourth-order valence-corrected chi connectivity index (χ4v) is 4.43. The number of amides is 1. The Morgan fingerprint density at radius 1 is 0.892 bits per heavy atom. The van der Waals surface area contributed by atoms with Gasteiger partial charge in [0.05, 0.1) is 26.3 Å². The van der Waals surface area contributed by atoms with E-state index in [-0.39, 0.29) is 29.9 Å². The maximum absolute atomic E-state index is 13.7. The van der Waals surface area contributed by atoms with Crippen LogP contribution in [0.5, 0.6) is 11.8 Å². The van der Waals surface area contributed by atoms with E-state index < -0.39 is 0 Å². The number of anilines is 2. The van der Waals surface area contributed by atoms with Crippen molar-refractivity contribution in [3.8, 4) is 11.8 Å². The first-order chi connectivity index (χ1) is 18.2. The van der Waals surface area contributed by atoms with Crippen LogP contribution in [-0.2, 0) is 17.6 Å². The van der Waals surface area contributed by atoms with Crippen molar-refractivity contribution in [2.75, 3.05) is 19.1 Å². The second-order valence-corrected chi connectivity index (χ2v) is 9.04. The number of ether oxygens (including phenoxy) is 2. The molecule has 0 saturated carbocycles. The van der Waals surface area contributed by atoms with Gasteiger partial charge in [0, 0.05) is 0 Å². The predicted molar refractivity (Wildman–Crippen MR) is 142 cm³/mol. The van der Waals surface area contributed by atoms with Crippen LogP contribution in [0.15, 0.2) is 30.6 Å². The maximum Gasteiger partial charge on any atom is 0.245 e. The third-order valence-corrected chi connectivity index (χ3v) is 6.35. The standard InChI is InChI=1S/C27H39N7O3/c1-4-5-6-7-8-9-10-11-12-13-16-21-17-14-15-18-22(21)34(24(35)19-23-30-32-33-31-23)25-26(36-2)28-20-29-27(25)37-3/h14-15,17-18,20H,4-13,16,19H2,1-3H3,(H,30,31,32,33). The van der Waals surface area contributed by atoms with E-state index >= 15 is 0 Å². The lowest BCUT2D eigenvalue weighted by atomic mass is 10.0. The molecule has 10 nitrogen and oxygen atoms in total. The quantitative estimate of drug-likeness (QED) is 0.241. The summed E-state index contributed by atoms with van der Waals surface area (Å²) in [6.45, 7) is 2.25. The number of aromatic nitrogens is 6. The van der Waals surface area contributed by atoms with Crippen molar-refractivity contribution in [1.82, 2.24) is 30.6 Å². The summed E-state index contributed by atoms with van der Waals surface area (Å²) in [6.07, 6.45) is 14.8. The Morgan fingerprint density at radius 2 is 1.51 bits per heavy atom. The molecule has 0 bridgehead atoms. The minimum absolute atomic E-state index is 0.0652. The van der Waals surface area contributed by atoms with Gasteiger partial charge in [0.25, 0.3) is 0 Å². The van der Waals surface area contributed by atoms with E-state index in [0.29, 0.717) is 5.69 Å². The first-order valence-corrected chi connectivity index (χ1v) is 13.3. The Morgan fingerprint density at radius 3 is 2.11 bits per heavy atom. The third kappa shape index (κ3) is 8.23. The Kier molecular flexibility index (Phi) is 11.8. The summed E-state index contributed by atoms with van der Waals surface area (Å²) in [7, 11) is 3.01. The summed E-state index contributed by atoms with van der Waals surface area (Å²) in [5.41, 5.74) is 2.13. The number of rotatable bonds is 17. The first kappa shape index (κ1) is 28.0. The predicted octanol–water partition coefficient (Wildman–Crippen LogP) is 5.38. The number of aryl methyl sites for hydroxylation is 1. The van der Waals surface area contributed by atoms with Crippen LogP contribution in [0.4, 0.5) is 11.4 Å². The first-order valence-electron chi connectivity index (χ1n) is 13.3. The normalized spacial score (nSPS) is 10.9. The van der Waals surface area contributed by atoms with Gasteiger partial charge in [-0.1, -0.05) is 88.1 Å². The average molecular weight is 510 g/mol. The summed E-state index contributed by atoms with van der Waals surface area (Å²) in [5, 5.41) is 13.9. The highest BCUT2D eigenvalue weighted by molar-refractivity contribution is 6.04. The van der Waals surface area contributed by atoms with E-state index in [2.05, 4.69) is 43.6 Å². The number of nitrogens with one attached hydrogen (secondary N) is 1. The van der Waals surface area contributed by atoms with Crippen LogP contribution >= 0.6 is 0 Å². The maximum atomic E-state index is 13.7. The van der Waals surface area contributed by atoms with Gasteiger partial charge in [0.15, 0.2) is 11.5 Å². The number of methoxy groups -OCH3 is 2. The molecule has 1 aromatic carbocycles. The molecule has 0 fully saturated rings. The van der Waals surface area contributed by atoms with Crippen molar-refractivity contribution < 1.29 is 14.3 Å². The van der Waals surface area contributed by atoms with Gasteiger partial charge in [0.1, 0.15) is 6.33 Å². The zero-order valence-corrected chi connectivity index (χ0v) is 22.3. The van der Waals surface area contributed by atoms with Crippen LogP contribution in [-0.4, -0.2) is 50.7 Å². The van der Waals surface area contributed by atoms with Crippen LogP contribution in [0.3, 0.4) is 0 Å². The number of H-pyrrole nitrogens is 1. The van der Waals surface area contributed by atoms with Gasteiger partial charge in [-0.3, -0.25) is 9.69 Å². The van der Waals surface area contributed by atoms with Crippen molar-refractivity contribution in [3.05, 3.63) is 42.0 Å². The fraction of sp³-hybridized carbons (Fsp3) is 0.556. The molecule has 200 valence electrons. The molecule has 1 amide bonds. The minimum atomic E-state index is -0.275. The van der Waals surface area contributed by atoms with Gasteiger partial charge in [-0.05, 0) is 24.5 Å². The molecule has 0 aliphatic carbocycles. The molecule has 3 rings (SSSR count). The van der Waals surface area contributed by atoms with E-state index in [1.54, 1.807) is 4.90 Å². The number of unbranched alkanes of at least 4 members (excludes halogenated alkanes) is 9. The van der Waals surface area contributed by atoms with E-state index in [0.717, 1.165) is 30.5 Å². The topological polar surface area (TPSA) is 119 Å². The van der Waals surface area contributed by atoms with Crippen molar-refractivity contribution >= 4 is 17.3 Å². The third-order valence-electron chi connectivity index (χ3n) is 6.35. The van der Waals surface area contributed by atoms with Gasteiger partial charge in [-0.25, -0.2) is 0 Å². The molecular weight excluding hydrogens is 470 g/mol. The van der Waals surface area contributed by atoms with Gasteiger partial charge < -0.3 is 9.47 Å². The van der Waals surface area contributed by atoms with E-state index in [1.807, 2.05) is 18.2 Å². The van der Waals surface area contributed by atoms with E-state index in [4.69, 9.17) is 9.47 Å². The monoisotopic (exact) mass is 509 g/mol. The van der Waals surface area contributed by atoms with Crippen LogP contribution in [0.1, 0.15) is 82.5 Å². The molecule has 0 unspecified atom stereocenters. The lowest BCUT2D eigenvalue weighted by Crippen LogP contribution is -2.30. The van der Waals surface area contributed by atoms with Crippen LogP contribution in [0, 0.1) is 0 Å². The van der Waals surface area contributed by atoms with Crippen LogP contribution in [0.2, 0.25) is 0 Å². The van der Waals surface area contributed by atoms with Crippen LogP contribution in [0.25, 0.3) is 0 Å². The number of hydrogen-bond acceptors (Lipinski definition) is 8. The minimum Gasteiger partial charge on any atom is -0.479 e. The van der Waals surface area contributed by atoms with E-state index in [9.17, 15) is 4.79 Å². The zero-order chi connectivity index (χ0) is 26.3. The van der Waals surface area contributed by atoms with Crippen molar-refractivity contribution in [2.24, 2.45) is 0 Å². The molecule has 2 heterocycles. The second-order valence-electron chi connectivity index (χ2n) is 9.04. The number of hydrogen-bond donors (Lipinski definition) is 1. The van der Waals surface area contributed by atoms with Gasteiger partial charge >= 0.3 is 0 Å². The summed E-state index contributed by atoms with van der Waals surface area (Å²) >= 11 is 0. The smallest absolute Gasteiger partial charge is 0.245 e. The summed E-state index contributed by atoms with van der Waals surface area (Å²) < 4.78 is 11.0. The number of para-hydroxylation sites is 1. The molecule has 0 radical (unpaired) electrons. The summed E-state index contributed by atoms with van der Waals surface area (Å²) in [4.78, 5) is 23.7. The Labute approximate surface area is 219 Å². The average Bonchev–Trinajstić information content (AvgIpc) is 3.43. The highest BCUT2D eigenvalue weighted by atomic mass is 16.5. The molecule has 3 aromatic rings. The van der Waals surface area contributed by atoms with Crippen molar-refractivity contribution in [2.45, 2.75) is 84.0 Å². The highest BCUT2D eigenvalue weighted by Gasteiger charge is 2.29. The lowest BCUT2D eigenvalue weighted by molar-refractivity contribution is -0.117. The molecule has 10 heteroatoms. The molecule has 0 aliphatic heterocycles. The SMILES string of the molecule is CCCCCCCCCCCCc1ccccc1N(C(=O)Cc1nn[nH]n1)c1c(OC)ncnc1OC. The number of aromatic amines is 1. The van der Waals surface area contributed by atoms with Crippen molar-refractivity contribution in [3.63, 3.8) is 0 Å². The Hall–Kier alpha value is -3.56. The number of carbonyl (C=O) groups excluding carboxylic acids is 1. The summed E-state index contributed by atoms with van der Waals surface area (Å²) in [6, 6.07) is 7.88. The highest BCUT2D eigenvalue weighted by Crippen LogP contribution is 2.40. The molecule has 1 N–H and O–H groups in total. The van der Waals surface area contributed by atoms with Gasteiger partial charge in [-0.2, -0.15) is 15.2 Å². The lowest BCUT2D eigenvalue weighted by Gasteiger charge is -2.27. The molecular formula is C27H39N7O3. The molecule has 37 heavy (non-hydrogen) atoms. The van der Waals surface area contributed by atoms with Crippen LogP contribution < -0.4 is 14.4 Å². The molecule has 0 atom stereocenters. The van der Waals surface area contributed by atoms with Gasteiger partial charge in [0.2, 0.25) is 17.7 Å². The fourth-order valence-electron chi connectivity index (χ4n) is 4.43. The number of tetrazole rings is 1. The summed E-state index contributed by atoms with van der Waals surface area (Å²) in [5.74, 6) is 0.490. The zero-order valence-electron chi connectivity index (χ0n) is 22.3. The van der Waals surface area contributed by atoms with E-state index in [1.165, 1.54) is 71.9 Å². The number of carbonyl (C=O) groups is 1. The second kappa shape index (κ2) is 15.5. The van der Waals surface area contributed by atoms with Crippen molar-refractivity contribution in [1.29, 1.82) is 0 Å². The Bertz CT molecular complexity index is 1050. The number of nitrogens with zero attached hydrogens (tertiary/aromatic N) is 6. The number of benzene rings is 1.